The molecule has 0 saturated heterocycles. The monoisotopic (exact) mass is 359 g/mol. The van der Waals surface area contributed by atoms with Gasteiger partial charge in [0.2, 0.25) is 10.0 Å². The Morgan fingerprint density at radius 3 is 2.40 bits per heavy atom. The van der Waals surface area contributed by atoms with Crippen LogP contribution < -0.4 is 9.73 Å². The molecule has 25 heavy (non-hydrogen) atoms. The molecule has 0 fully saturated rings. The minimum atomic E-state index is -3.60. The molecule has 0 aromatic heterocycles. The molecule has 0 atom stereocenters. The number of carbonyl (C=O) groups excluding carboxylic acids is 1. The highest BCUT2D eigenvalue weighted by Crippen LogP contribution is 2.18. The quantitative estimate of drug-likeness (QED) is 0.635. The van der Waals surface area contributed by atoms with Crippen molar-refractivity contribution in [3.8, 4) is 0 Å². The number of rotatable bonds is 6. The largest absolute Gasteiger partial charge is 0.271 e. The van der Waals surface area contributed by atoms with Crippen LogP contribution in [0.3, 0.4) is 0 Å². The van der Waals surface area contributed by atoms with Crippen LogP contribution in [0, 0.1) is 6.92 Å². The molecular weight excluding hydrogens is 338 g/mol. The average Bonchev–Trinajstić information content (AvgIpc) is 2.57. The first kappa shape index (κ1) is 18.7. The Labute approximate surface area is 148 Å². The van der Waals surface area contributed by atoms with Gasteiger partial charge in [-0.05, 0) is 37.1 Å². The van der Waals surface area contributed by atoms with E-state index in [9.17, 15) is 13.2 Å². The van der Waals surface area contributed by atoms with E-state index in [-0.39, 0.29) is 6.54 Å². The Bertz CT molecular complexity index is 877. The van der Waals surface area contributed by atoms with Crippen molar-refractivity contribution in [1.82, 2.24) is 5.43 Å². The summed E-state index contributed by atoms with van der Waals surface area (Å²) in [6.45, 7) is 3.29. The van der Waals surface area contributed by atoms with E-state index in [1.165, 1.54) is 0 Å². The highest BCUT2D eigenvalue weighted by Gasteiger charge is 2.20. The molecule has 1 N–H and O–H groups in total. The van der Waals surface area contributed by atoms with Gasteiger partial charge in [-0.1, -0.05) is 42.5 Å². The van der Waals surface area contributed by atoms with Gasteiger partial charge in [0.25, 0.3) is 5.91 Å². The van der Waals surface area contributed by atoms with Crippen molar-refractivity contribution in [3.05, 3.63) is 65.7 Å². The molecule has 0 unspecified atom stereocenters. The average molecular weight is 359 g/mol. The Morgan fingerprint density at radius 2 is 1.80 bits per heavy atom. The van der Waals surface area contributed by atoms with Crippen LogP contribution in [0.15, 0.2) is 59.7 Å². The van der Waals surface area contributed by atoms with Gasteiger partial charge in [-0.2, -0.15) is 5.10 Å². The van der Waals surface area contributed by atoms with Crippen LogP contribution in [-0.4, -0.2) is 32.8 Å². The molecule has 7 heteroatoms. The molecule has 0 radical (unpaired) electrons. The van der Waals surface area contributed by atoms with Crippen LogP contribution in [0.25, 0.3) is 0 Å². The van der Waals surface area contributed by atoms with E-state index in [1.54, 1.807) is 25.1 Å². The van der Waals surface area contributed by atoms with Crippen LogP contribution in [0.4, 0.5) is 5.69 Å². The molecule has 0 spiro atoms. The zero-order valence-electron chi connectivity index (χ0n) is 14.4. The lowest BCUT2D eigenvalue weighted by Gasteiger charge is -2.21. The smallest absolute Gasteiger partial charge is 0.260 e. The number of hydrogen-bond donors (Lipinski definition) is 1. The molecule has 0 saturated carbocycles. The van der Waals surface area contributed by atoms with Gasteiger partial charge in [-0.15, -0.1) is 0 Å². The minimum absolute atomic E-state index is 0.339. The van der Waals surface area contributed by atoms with E-state index < -0.39 is 15.9 Å². The van der Waals surface area contributed by atoms with Crippen molar-refractivity contribution in [2.45, 2.75) is 13.8 Å². The van der Waals surface area contributed by atoms with Crippen LogP contribution in [0.1, 0.15) is 18.1 Å². The fourth-order valence-electron chi connectivity index (χ4n) is 2.24. The SMILES string of the molecule is C/C(=N\NC(=O)CN(c1cccc(C)c1)S(C)(=O)=O)c1ccccc1. The lowest BCUT2D eigenvalue weighted by molar-refractivity contribution is -0.119. The zero-order chi connectivity index (χ0) is 18.4. The van der Waals surface area contributed by atoms with E-state index >= 15 is 0 Å². The van der Waals surface area contributed by atoms with Gasteiger partial charge < -0.3 is 0 Å². The molecular formula is C18H21N3O3S. The number of carbonyl (C=O) groups is 1. The molecule has 0 aliphatic carbocycles. The topological polar surface area (TPSA) is 78.8 Å². The second-order valence-electron chi connectivity index (χ2n) is 5.71. The van der Waals surface area contributed by atoms with Gasteiger partial charge in [0.05, 0.1) is 17.7 Å². The number of nitrogens with one attached hydrogen (secondary N) is 1. The molecule has 2 aromatic rings. The lowest BCUT2D eigenvalue weighted by Crippen LogP contribution is -2.39. The third kappa shape index (κ3) is 5.42. The summed E-state index contributed by atoms with van der Waals surface area (Å²) < 4.78 is 25.2. The molecule has 132 valence electrons. The minimum Gasteiger partial charge on any atom is -0.271 e. The number of anilines is 1. The molecule has 0 aliphatic rings. The third-order valence-corrected chi connectivity index (χ3v) is 4.66. The van der Waals surface area contributed by atoms with Crippen molar-refractivity contribution in [2.24, 2.45) is 5.10 Å². The van der Waals surface area contributed by atoms with Crippen LogP contribution >= 0.6 is 0 Å². The predicted octanol–water partition coefficient (Wildman–Crippen LogP) is 2.30. The first-order valence-corrected chi connectivity index (χ1v) is 9.55. The number of benzene rings is 2. The van der Waals surface area contributed by atoms with Crippen molar-refractivity contribution in [1.29, 1.82) is 0 Å². The summed E-state index contributed by atoms with van der Waals surface area (Å²) in [5.74, 6) is -0.512. The van der Waals surface area contributed by atoms with E-state index in [2.05, 4.69) is 10.5 Å². The van der Waals surface area contributed by atoms with Crippen LogP contribution in [0.2, 0.25) is 0 Å². The Balaban J connectivity index is 2.13. The highest BCUT2D eigenvalue weighted by molar-refractivity contribution is 7.92. The third-order valence-electron chi connectivity index (χ3n) is 3.52. The van der Waals surface area contributed by atoms with Crippen molar-refractivity contribution in [2.75, 3.05) is 17.1 Å². The first-order valence-electron chi connectivity index (χ1n) is 7.70. The van der Waals surface area contributed by atoms with E-state index in [1.807, 2.05) is 43.3 Å². The standard InChI is InChI=1S/C18H21N3O3S/c1-14-8-7-11-17(12-14)21(25(3,23)24)13-18(22)20-19-15(2)16-9-5-4-6-10-16/h4-12H,13H2,1-3H3,(H,20,22)/b19-15+. The number of hydrogen-bond acceptors (Lipinski definition) is 4. The van der Waals surface area contributed by atoms with Crippen LogP contribution in [0.5, 0.6) is 0 Å². The van der Waals surface area contributed by atoms with Crippen molar-refractivity contribution < 1.29 is 13.2 Å². The van der Waals surface area contributed by atoms with E-state index in [0.29, 0.717) is 11.4 Å². The maximum Gasteiger partial charge on any atom is 0.260 e. The van der Waals surface area contributed by atoms with E-state index in [4.69, 9.17) is 0 Å². The number of hydrazone groups is 1. The molecule has 0 heterocycles. The van der Waals surface area contributed by atoms with Gasteiger partial charge in [-0.25, -0.2) is 13.8 Å². The van der Waals surface area contributed by atoms with Gasteiger partial charge in [0.1, 0.15) is 6.54 Å². The summed E-state index contributed by atoms with van der Waals surface area (Å²) >= 11 is 0. The predicted molar refractivity (Wildman–Crippen MR) is 100 cm³/mol. The zero-order valence-corrected chi connectivity index (χ0v) is 15.2. The summed E-state index contributed by atoms with van der Waals surface area (Å²) in [6.07, 6.45) is 1.07. The number of amides is 1. The molecule has 2 rings (SSSR count). The second-order valence-corrected chi connectivity index (χ2v) is 7.61. The molecule has 2 aromatic carbocycles. The summed E-state index contributed by atoms with van der Waals surface area (Å²) in [5, 5.41) is 4.04. The number of nitrogens with zero attached hydrogens (tertiary/aromatic N) is 2. The van der Waals surface area contributed by atoms with Crippen molar-refractivity contribution >= 4 is 27.3 Å². The number of aryl methyl sites for hydroxylation is 1. The fraction of sp³-hybridized carbons (Fsp3) is 0.222. The van der Waals surface area contributed by atoms with Crippen molar-refractivity contribution in [3.63, 3.8) is 0 Å². The summed E-state index contributed by atoms with van der Waals surface area (Å²) in [5.41, 5.74) is 5.27. The highest BCUT2D eigenvalue weighted by atomic mass is 32.2. The van der Waals surface area contributed by atoms with Gasteiger partial charge in [0.15, 0.2) is 0 Å². The first-order chi connectivity index (χ1) is 11.8. The van der Waals surface area contributed by atoms with Crippen LogP contribution in [-0.2, 0) is 14.8 Å². The maximum atomic E-state index is 12.2. The second kappa shape index (κ2) is 7.94. The molecule has 6 nitrogen and oxygen atoms in total. The summed E-state index contributed by atoms with van der Waals surface area (Å²) in [7, 11) is -3.60. The summed E-state index contributed by atoms with van der Waals surface area (Å²) in [4.78, 5) is 12.2. The molecule has 1 amide bonds. The normalized spacial score (nSPS) is 11.9. The summed E-state index contributed by atoms with van der Waals surface area (Å²) in [6, 6.07) is 16.4. The fourth-order valence-corrected chi connectivity index (χ4v) is 3.09. The molecule has 0 aliphatic heterocycles. The van der Waals surface area contributed by atoms with E-state index in [0.717, 1.165) is 21.7 Å². The Kier molecular flexibility index (Phi) is 5.93. The Hall–Kier alpha value is -2.67. The number of sulfonamides is 1. The Morgan fingerprint density at radius 1 is 1.12 bits per heavy atom. The van der Waals surface area contributed by atoms with Gasteiger partial charge >= 0.3 is 0 Å². The molecule has 0 bridgehead atoms. The van der Waals surface area contributed by atoms with Gasteiger partial charge in [-0.3, -0.25) is 9.10 Å². The maximum absolute atomic E-state index is 12.2. The van der Waals surface area contributed by atoms with Gasteiger partial charge in [0, 0.05) is 0 Å². The lowest BCUT2D eigenvalue weighted by atomic mass is 10.1.